The number of nitrogens with zero attached hydrogens (tertiary/aromatic N) is 1. The summed E-state index contributed by atoms with van der Waals surface area (Å²) in [5.74, 6) is 0.210. The smallest absolute Gasteiger partial charge is 0.404 e. The van der Waals surface area contributed by atoms with E-state index in [1.165, 1.54) is 6.07 Å². The lowest BCUT2D eigenvalue weighted by atomic mass is 10.0. The standard InChI is InChI=1S/C15H9BrClNO3/c16-15(13-7-8-14(21-13)18(19)20)11-5-6-12(17)10-4-2-1-3-9(10)11/h1-8,15H. The van der Waals surface area contributed by atoms with Crippen LogP contribution in [-0.2, 0) is 0 Å². The molecule has 2 aromatic carbocycles. The summed E-state index contributed by atoms with van der Waals surface area (Å²) in [5.41, 5.74) is 0.944. The second kappa shape index (κ2) is 5.50. The molecule has 1 unspecified atom stereocenters. The first kappa shape index (κ1) is 14.1. The average molecular weight is 367 g/mol. The molecule has 1 aromatic heterocycles. The van der Waals surface area contributed by atoms with Crippen LogP contribution in [0.2, 0.25) is 5.02 Å². The van der Waals surface area contributed by atoms with Crippen molar-refractivity contribution >= 4 is 44.2 Å². The van der Waals surface area contributed by atoms with Crippen molar-refractivity contribution in [1.82, 2.24) is 0 Å². The first-order chi connectivity index (χ1) is 10.1. The molecule has 0 aliphatic rings. The summed E-state index contributed by atoms with van der Waals surface area (Å²) in [6, 6.07) is 14.4. The molecule has 6 heteroatoms. The molecule has 1 heterocycles. The second-order valence-corrected chi connectivity index (χ2v) is 5.80. The number of nitro groups is 1. The van der Waals surface area contributed by atoms with Gasteiger partial charge in [0.25, 0.3) is 0 Å². The van der Waals surface area contributed by atoms with Crippen LogP contribution in [0.25, 0.3) is 10.8 Å². The molecule has 1 atom stereocenters. The van der Waals surface area contributed by atoms with Crippen molar-refractivity contribution in [2.75, 3.05) is 0 Å². The molecule has 0 fully saturated rings. The van der Waals surface area contributed by atoms with E-state index in [4.69, 9.17) is 16.0 Å². The number of rotatable bonds is 3. The highest BCUT2D eigenvalue weighted by molar-refractivity contribution is 9.09. The zero-order valence-corrected chi connectivity index (χ0v) is 13.0. The van der Waals surface area contributed by atoms with Crippen LogP contribution in [0.5, 0.6) is 0 Å². The number of hydrogen-bond donors (Lipinski definition) is 0. The molecule has 0 amide bonds. The Morgan fingerprint density at radius 3 is 2.48 bits per heavy atom. The fraction of sp³-hybridized carbons (Fsp3) is 0.0667. The van der Waals surface area contributed by atoms with Crippen LogP contribution >= 0.6 is 27.5 Å². The van der Waals surface area contributed by atoms with E-state index in [2.05, 4.69) is 15.9 Å². The minimum Gasteiger partial charge on any atom is -0.404 e. The van der Waals surface area contributed by atoms with E-state index in [-0.39, 0.29) is 10.7 Å². The molecule has 0 radical (unpaired) electrons. The number of benzene rings is 2. The lowest BCUT2D eigenvalue weighted by Crippen LogP contribution is -1.93. The molecular weight excluding hydrogens is 358 g/mol. The SMILES string of the molecule is O=[N+]([O-])c1ccc(C(Br)c2ccc(Cl)c3ccccc23)o1. The molecule has 3 aromatic rings. The van der Waals surface area contributed by atoms with Crippen molar-refractivity contribution < 1.29 is 9.34 Å². The van der Waals surface area contributed by atoms with Crippen LogP contribution in [0.1, 0.15) is 16.2 Å². The molecule has 0 bridgehead atoms. The van der Waals surface area contributed by atoms with E-state index in [1.54, 1.807) is 6.07 Å². The molecule has 0 aliphatic heterocycles. The van der Waals surface area contributed by atoms with Crippen molar-refractivity contribution in [3.05, 3.63) is 75.0 Å². The summed E-state index contributed by atoms with van der Waals surface area (Å²) in [6.45, 7) is 0. The maximum Gasteiger partial charge on any atom is 0.433 e. The van der Waals surface area contributed by atoms with Crippen molar-refractivity contribution in [1.29, 1.82) is 0 Å². The van der Waals surface area contributed by atoms with Gasteiger partial charge in [0.15, 0.2) is 0 Å². The Morgan fingerprint density at radius 1 is 1.10 bits per heavy atom. The third kappa shape index (κ3) is 2.54. The van der Waals surface area contributed by atoms with Gasteiger partial charge in [-0.1, -0.05) is 57.9 Å². The van der Waals surface area contributed by atoms with E-state index in [0.29, 0.717) is 10.8 Å². The van der Waals surface area contributed by atoms with E-state index in [0.717, 1.165) is 16.3 Å². The summed E-state index contributed by atoms with van der Waals surface area (Å²) >= 11 is 9.74. The number of fused-ring (bicyclic) bond motifs is 1. The van der Waals surface area contributed by atoms with Gasteiger partial charge < -0.3 is 4.42 Å². The van der Waals surface area contributed by atoms with E-state index < -0.39 is 4.92 Å². The third-order valence-electron chi connectivity index (χ3n) is 3.22. The predicted molar refractivity (Wildman–Crippen MR) is 85.1 cm³/mol. The summed E-state index contributed by atoms with van der Waals surface area (Å²) in [5, 5.41) is 13.3. The van der Waals surface area contributed by atoms with E-state index in [9.17, 15) is 10.1 Å². The highest BCUT2D eigenvalue weighted by Gasteiger charge is 2.21. The molecule has 4 nitrogen and oxygen atoms in total. The Kier molecular flexibility index (Phi) is 3.69. The Morgan fingerprint density at radius 2 is 1.81 bits per heavy atom. The first-order valence-electron chi connectivity index (χ1n) is 6.13. The van der Waals surface area contributed by atoms with E-state index in [1.807, 2.05) is 36.4 Å². The molecule has 3 rings (SSSR count). The van der Waals surface area contributed by atoms with Gasteiger partial charge in [-0.25, -0.2) is 0 Å². The Hall–Kier alpha value is -1.85. The lowest BCUT2D eigenvalue weighted by Gasteiger charge is -2.11. The highest BCUT2D eigenvalue weighted by Crippen LogP contribution is 2.38. The number of hydrogen-bond acceptors (Lipinski definition) is 3. The second-order valence-electron chi connectivity index (χ2n) is 4.48. The Labute approximate surface area is 133 Å². The summed E-state index contributed by atoms with van der Waals surface area (Å²) < 4.78 is 5.26. The highest BCUT2D eigenvalue weighted by atomic mass is 79.9. The van der Waals surface area contributed by atoms with Gasteiger partial charge in [-0.15, -0.1) is 0 Å². The van der Waals surface area contributed by atoms with Gasteiger partial charge in [0, 0.05) is 10.4 Å². The lowest BCUT2D eigenvalue weighted by molar-refractivity contribution is -0.402. The van der Waals surface area contributed by atoms with Gasteiger partial charge in [-0.3, -0.25) is 10.1 Å². The minimum atomic E-state index is -0.552. The number of furan rings is 1. The van der Waals surface area contributed by atoms with Gasteiger partial charge in [0.05, 0.1) is 10.9 Å². The van der Waals surface area contributed by atoms with Crippen molar-refractivity contribution in [2.24, 2.45) is 0 Å². The quantitative estimate of drug-likeness (QED) is 0.350. The molecule has 106 valence electrons. The number of halogens is 2. The number of alkyl halides is 1. The monoisotopic (exact) mass is 365 g/mol. The molecule has 21 heavy (non-hydrogen) atoms. The summed E-state index contributed by atoms with van der Waals surface area (Å²) in [6.07, 6.45) is 0. The third-order valence-corrected chi connectivity index (χ3v) is 4.49. The molecule has 0 N–H and O–H groups in total. The van der Waals surface area contributed by atoms with Crippen LogP contribution in [0.15, 0.2) is 52.9 Å². The zero-order chi connectivity index (χ0) is 15.0. The molecule has 0 spiro atoms. The Bertz CT molecular complexity index is 831. The van der Waals surface area contributed by atoms with Gasteiger partial charge in [0.2, 0.25) is 0 Å². The largest absolute Gasteiger partial charge is 0.433 e. The molecule has 0 aliphatic carbocycles. The fourth-order valence-corrected chi connectivity index (χ4v) is 3.11. The average Bonchev–Trinajstić information content (AvgIpc) is 2.97. The van der Waals surface area contributed by atoms with Crippen molar-refractivity contribution in [2.45, 2.75) is 4.83 Å². The van der Waals surface area contributed by atoms with Crippen LogP contribution in [0.3, 0.4) is 0 Å². The maximum atomic E-state index is 10.7. The summed E-state index contributed by atoms with van der Waals surface area (Å²) in [7, 11) is 0. The van der Waals surface area contributed by atoms with Crippen LogP contribution in [0, 0.1) is 10.1 Å². The fourth-order valence-electron chi connectivity index (χ4n) is 2.24. The normalized spacial score (nSPS) is 12.5. The Balaban J connectivity index is 2.11. The minimum absolute atomic E-state index is 0.271. The predicted octanol–water partition coefficient (Wildman–Crippen LogP) is 5.48. The van der Waals surface area contributed by atoms with Crippen molar-refractivity contribution in [3.63, 3.8) is 0 Å². The molecular formula is C15H9BrClNO3. The van der Waals surface area contributed by atoms with E-state index >= 15 is 0 Å². The summed E-state index contributed by atoms with van der Waals surface area (Å²) in [4.78, 5) is 9.87. The zero-order valence-electron chi connectivity index (χ0n) is 10.6. The van der Waals surface area contributed by atoms with Gasteiger partial charge in [-0.2, -0.15) is 0 Å². The van der Waals surface area contributed by atoms with Gasteiger partial charge in [0.1, 0.15) is 10.7 Å². The first-order valence-corrected chi connectivity index (χ1v) is 7.42. The van der Waals surface area contributed by atoms with Crippen LogP contribution in [0.4, 0.5) is 5.88 Å². The van der Waals surface area contributed by atoms with Crippen molar-refractivity contribution in [3.8, 4) is 0 Å². The molecule has 0 saturated carbocycles. The maximum absolute atomic E-state index is 10.7. The van der Waals surface area contributed by atoms with Gasteiger partial charge >= 0.3 is 5.88 Å². The van der Waals surface area contributed by atoms with Crippen LogP contribution in [-0.4, -0.2) is 4.92 Å². The van der Waals surface area contributed by atoms with Crippen LogP contribution < -0.4 is 0 Å². The molecule has 0 saturated heterocycles. The van der Waals surface area contributed by atoms with Gasteiger partial charge in [-0.05, 0) is 23.1 Å². The topological polar surface area (TPSA) is 56.3 Å².